The predicted octanol–water partition coefficient (Wildman–Crippen LogP) is -0.0422. The Hall–Kier alpha value is -0.0800. The van der Waals surface area contributed by atoms with Crippen LogP contribution in [0, 0.1) is 5.92 Å². The zero-order chi connectivity index (χ0) is 6.32. The van der Waals surface area contributed by atoms with E-state index in [4.69, 9.17) is 0 Å². The lowest BCUT2D eigenvalue weighted by Crippen LogP contribution is -2.66. The van der Waals surface area contributed by atoms with Crippen molar-refractivity contribution in [3.63, 3.8) is 0 Å². The fourth-order valence-electron chi connectivity index (χ4n) is 2.14. The number of hydrogen-bond acceptors (Lipinski definition) is 2. The zero-order valence-electron chi connectivity index (χ0n) is 5.91. The molecule has 3 fully saturated rings. The largest absolute Gasteiger partial charge is 0.315 e. The Morgan fingerprint density at radius 2 is 2.33 bits per heavy atom. The van der Waals surface area contributed by atoms with E-state index in [-0.39, 0.29) is 0 Å². The van der Waals surface area contributed by atoms with Gasteiger partial charge in [0.25, 0.3) is 0 Å². The number of nitrogens with one attached hydrogen (secondary N) is 2. The van der Waals surface area contributed by atoms with Crippen LogP contribution in [-0.4, -0.2) is 25.7 Å². The van der Waals surface area contributed by atoms with E-state index in [2.05, 4.69) is 17.7 Å². The summed E-state index contributed by atoms with van der Waals surface area (Å²) in [6.07, 6.45) is 2.80. The minimum atomic E-state index is 0.503. The molecule has 0 aromatic carbocycles. The average Bonchev–Trinajstić information content (AvgIpc) is 1.88. The van der Waals surface area contributed by atoms with E-state index >= 15 is 0 Å². The van der Waals surface area contributed by atoms with Crippen LogP contribution in [0.1, 0.15) is 12.8 Å². The van der Waals surface area contributed by atoms with Crippen LogP contribution in [0.2, 0.25) is 0 Å². The summed E-state index contributed by atoms with van der Waals surface area (Å²) in [4.78, 5) is 0. The molecule has 3 aliphatic rings. The smallest absolute Gasteiger partial charge is 0.0309 e. The van der Waals surface area contributed by atoms with Gasteiger partial charge in [-0.05, 0) is 32.4 Å². The molecule has 0 radical (unpaired) electrons. The predicted molar refractivity (Wildman–Crippen MR) is 37.4 cm³/mol. The number of likely N-dealkylation sites (N-methyl/N-ethyl adjacent to an activating group) is 1. The molecule has 2 N–H and O–H groups in total. The molecular formula is C7H14N2. The van der Waals surface area contributed by atoms with E-state index in [1.54, 1.807) is 0 Å². The minimum absolute atomic E-state index is 0.503. The zero-order valence-corrected chi connectivity index (χ0v) is 5.91. The van der Waals surface area contributed by atoms with Gasteiger partial charge in [-0.2, -0.15) is 0 Å². The van der Waals surface area contributed by atoms with Crippen LogP contribution in [0.15, 0.2) is 0 Å². The van der Waals surface area contributed by atoms with E-state index in [0.29, 0.717) is 5.54 Å². The van der Waals surface area contributed by atoms with Gasteiger partial charge in [-0.15, -0.1) is 0 Å². The van der Waals surface area contributed by atoms with Crippen LogP contribution in [0.3, 0.4) is 0 Å². The van der Waals surface area contributed by atoms with Crippen molar-refractivity contribution < 1.29 is 0 Å². The number of piperidine rings is 2. The van der Waals surface area contributed by atoms with E-state index in [1.165, 1.54) is 25.9 Å². The fraction of sp³-hybridized carbons (Fsp3) is 1.00. The molecule has 2 heteroatoms. The first-order valence-electron chi connectivity index (χ1n) is 3.74. The van der Waals surface area contributed by atoms with Gasteiger partial charge in [-0.1, -0.05) is 0 Å². The van der Waals surface area contributed by atoms with E-state index in [1.807, 2.05) is 0 Å². The van der Waals surface area contributed by atoms with Gasteiger partial charge in [0, 0.05) is 12.1 Å². The maximum absolute atomic E-state index is 3.41. The fourth-order valence-corrected chi connectivity index (χ4v) is 2.14. The highest BCUT2D eigenvalue weighted by molar-refractivity contribution is 5.05. The first-order valence-corrected chi connectivity index (χ1v) is 3.74. The van der Waals surface area contributed by atoms with Crippen LogP contribution in [0.25, 0.3) is 0 Å². The first-order chi connectivity index (χ1) is 4.35. The molecule has 1 saturated carbocycles. The van der Waals surface area contributed by atoms with Gasteiger partial charge < -0.3 is 10.6 Å². The molecule has 0 spiro atoms. The highest BCUT2D eigenvalue weighted by atomic mass is 15.1. The van der Waals surface area contributed by atoms with Gasteiger partial charge in [0.2, 0.25) is 0 Å². The quantitative estimate of drug-likeness (QED) is 0.515. The lowest BCUT2D eigenvalue weighted by atomic mass is 9.65. The second kappa shape index (κ2) is 1.70. The summed E-state index contributed by atoms with van der Waals surface area (Å²) in [5.74, 6) is 0.978. The van der Waals surface area contributed by atoms with Gasteiger partial charge in [0.05, 0.1) is 0 Å². The van der Waals surface area contributed by atoms with Gasteiger partial charge >= 0.3 is 0 Å². The van der Waals surface area contributed by atoms with Gasteiger partial charge in [-0.3, -0.25) is 0 Å². The van der Waals surface area contributed by atoms with E-state index in [0.717, 1.165) is 5.92 Å². The molecule has 9 heavy (non-hydrogen) atoms. The SMILES string of the molecule is CNC12CNCC(C1)C2. The molecule has 2 aliphatic heterocycles. The molecule has 0 unspecified atom stereocenters. The van der Waals surface area contributed by atoms with Crippen LogP contribution in [-0.2, 0) is 0 Å². The molecule has 3 rings (SSSR count). The molecule has 52 valence electrons. The third-order valence-electron chi connectivity index (χ3n) is 2.79. The molecule has 2 nitrogen and oxygen atoms in total. The lowest BCUT2D eigenvalue weighted by Gasteiger charge is -2.52. The molecule has 2 heterocycles. The monoisotopic (exact) mass is 126 g/mol. The van der Waals surface area contributed by atoms with Crippen LogP contribution in [0.4, 0.5) is 0 Å². The third-order valence-corrected chi connectivity index (χ3v) is 2.79. The molecule has 0 aromatic rings. The van der Waals surface area contributed by atoms with Crippen molar-refractivity contribution in [3.8, 4) is 0 Å². The summed E-state index contributed by atoms with van der Waals surface area (Å²) in [7, 11) is 2.07. The van der Waals surface area contributed by atoms with Crippen LogP contribution < -0.4 is 10.6 Å². The van der Waals surface area contributed by atoms with Gasteiger partial charge in [-0.25, -0.2) is 0 Å². The summed E-state index contributed by atoms with van der Waals surface area (Å²) in [5, 5.41) is 6.80. The number of hydrogen-bond donors (Lipinski definition) is 2. The minimum Gasteiger partial charge on any atom is -0.315 e. The highest BCUT2D eigenvalue weighted by Crippen LogP contribution is 2.39. The van der Waals surface area contributed by atoms with Crippen molar-refractivity contribution in [2.24, 2.45) is 5.92 Å². The third kappa shape index (κ3) is 0.700. The number of rotatable bonds is 1. The second-order valence-corrected chi connectivity index (χ2v) is 3.44. The van der Waals surface area contributed by atoms with Crippen molar-refractivity contribution in [1.82, 2.24) is 10.6 Å². The van der Waals surface area contributed by atoms with Gasteiger partial charge in [0.15, 0.2) is 0 Å². The second-order valence-electron chi connectivity index (χ2n) is 3.44. The van der Waals surface area contributed by atoms with Crippen LogP contribution >= 0.6 is 0 Å². The standard InChI is InChI=1S/C7H14N2/c1-8-7-2-6(3-7)4-9-5-7/h6,8-9H,2-5H2,1H3. The summed E-state index contributed by atoms with van der Waals surface area (Å²) in [6, 6.07) is 0. The maximum atomic E-state index is 3.41. The van der Waals surface area contributed by atoms with Crippen molar-refractivity contribution >= 4 is 0 Å². The molecule has 1 aliphatic carbocycles. The Labute approximate surface area is 56.0 Å². The Bertz CT molecular complexity index is 111. The van der Waals surface area contributed by atoms with Crippen LogP contribution in [0.5, 0.6) is 0 Å². The van der Waals surface area contributed by atoms with Crippen molar-refractivity contribution in [2.45, 2.75) is 18.4 Å². The highest BCUT2D eigenvalue weighted by Gasteiger charge is 2.45. The molecule has 2 bridgehead atoms. The summed E-state index contributed by atoms with van der Waals surface area (Å²) in [6.45, 7) is 2.43. The Morgan fingerprint density at radius 1 is 1.56 bits per heavy atom. The normalized spacial score (nSPS) is 48.3. The molecule has 0 atom stereocenters. The Morgan fingerprint density at radius 3 is 2.67 bits per heavy atom. The molecule has 0 aromatic heterocycles. The Kier molecular flexibility index (Phi) is 1.08. The van der Waals surface area contributed by atoms with E-state index in [9.17, 15) is 0 Å². The van der Waals surface area contributed by atoms with Crippen molar-refractivity contribution in [1.29, 1.82) is 0 Å². The van der Waals surface area contributed by atoms with Crippen molar-refractivity contribution in [2.75, 3.05) is 20.1 Å². The topological polar surface area (TPSA) is 24.1 Å². The van der Waals surface area contributed by atoms with Gasteiger partial charge in [0.1, 0.15) is 0 Å². The first kappa shape index (κ1) is 5.69. The van der Waals surface area contributed by atoms with Crippen molar-refractivity contribution in [3.05, 3.63) is 0 Å². The molecule has 2 saturated heterocycles. The summed E-state index contributed by atoms with van der Waals surface area (Å²) < 4.78 is 0. The average molecular weight is 126 g/mol. The van der Waals surface area contributed by atoms with E-state index < -0.39 is 0 Å². The Balaban J connectivity index is 2.02. The molecular weight excluding hydrogens is 112 g/mol. The number of fused-ring (bicyclic) bond motifs is 2. The summed E-state index contributed by atoms with van der Waals surface area (Å²) in [5.41, 5.74) is 0.503. The lowest BCUT2D eigenvalue weighted by molar-refractivity contribution is 0.0678. The maximum Gasteiger partial charge on any atom is 0.0309 e. The summed E-state index contributed by atoms with van der Waals surface area (Å²) >= 11 is 0. The molecule has 0 amide bonds.